The molecule has 82 valence electrons. The van der Waals surface area contributed by atoms with E-state index in [1.54, 1.807) is 6.08 Å². The smallest absolute Gasteiger partial charge is 0.224 e. The molecule has 0 radical (unpaired) electrons. The summed E-state index contributed by atoms with van der Waals surface area (Å²) in [5, 5.41) is 3.89. The van der Waals surface area contributed by atoms with Crippen LogP contribution in [0.1, 0.15) is 5.56 Å². The van der Waals surface area contributed by atoms with E-state index in [0.29, 0.717) is 13.0 Å². The van der Waals surface area contributed by atoms with Crippen molar-refractivity contribution >= 4 is 16.8 Å². The number of nitrogens with one attached hydrogen (secondary N) is 2. The van der Waals surface area contributed by atoms with E-state index in [9.17, 15) is 4.79 Å². The van der Waals surface area contributed by atoms with Crippen LogP contribution in [0.2, 0.25) is 0 Å². The molecule has 2 rings (SSSR count). The van der Waals surface area contributed by atoms with Crippen LogP contribution in [-0.4, -0.2) is 17.4 Å². The van der Waals surface area contributed by atoms with Gasteiger partial charge >= 0.3 is 0 Å². The first kappa shape index (κ1) is 10.5. The molecule has 0 spiro atoms. The van der Waals surface area contributed by atoms with Crippen molar-refractivity contribution in [3.05, 3.63) is 48.7 Å². The van der Waals surface area contributed by atoms with Gasteiger partial charge in [0.15, 0.2) is 0 Å². The maximum Gasteiger partial charge on any atom is 0.224 e. The Morgan fingerprint density at radius 1 is 1.44 bits per heavy atom. The zero-order valence-corrected chi connectivity index (χ0v) is 8.99. The minimum absolute atomic E-state index is 0.0229. The number of carbonyl (C=O) groups is 1. The minimum Gasteiger partial charge on any atom is -0.361 e. The number of fused-ring (bicyclic) bond motifs is 1. The molecule has 3 nitrogen and oxygen atoms in total. The Balaban J connectivity index is 2.08. The van der Waals surface area contributed by atoms with Crippen LogP contribution in [0.5, 0.6) is 0 Å². The van der Waals surface area contributed by atoms with E-state index >= 15 is 0 Å². The molecule has 2 N–H and O–H groups in total. The highest BCUT2D eigenvalue weighted by Crippen LogP contribution is 2.14. The number of amides is 1. The van der Waals surface area contributed by atoms with Crippen LogP contribution in [0.3, 0.4) is 0 Å². The molecule has 0 saturated heterocycles. The van der Waals surface area contributed by atoms with Crippen molar-refractivity contribution in [2.75, 3.05) is 6.54 Å². The van der Waals surface area contributed by atoms with Gasteiger partial charge in [-0.3, -0.25) is 4.79 Å². The van der Waals surface area contributed by atoms with Gasteiger partial charge in [-0.25, -0.2) is 0 Å². The average Bonchev–Trinajstić information content (AvgIpc) is 2.73. The van der Waals surface area contributed by atoms with Gasteiger partial charge in [0.2, 0.25) is 5.91 Å². The summed E-state index contributed by atoms with van der Waals surface area (Å²) < 4.78 is 0. The Bertz CT molecular complexity index is 513. The van der Waals surface area contributed by atoms with Crippen LogP contribution < -0.4 is 5.32 Å². The molecule has 0 fully saturated rings. The summed E-state index contributed by atoms with van der Waals surface area (Å²) in [5.74, 6) is 0.0229. The molecule has 0 atom stereocenters. The second-order valence-corrected chi connectivity index (χ2v) is 3.67. The lowest BCUT2D eigenvalue weighted by Gasteiger charge is -2.02. The fraction of sp³-hybridized carbons (Fsp3) is 0.154. The second kappa shape index (κ2) is 4.66. The number of hydrogen-bond acceptors (Lipinski definition) is 1. The van der Waals surface area contributed by atoms with Crippen molar-refractivity contribution in [2.45, 2.75) is 6.42 Å². The van der Waals surface area contributed by atoms with Gasteiger partial charge in [0.05, 0.1) is 6.42 Å². The van der Waals surface area contributed by atoms with E-state index < -0.39 is 0 Å². The Morgan fingerprint density at radius 3 is 3.12 bits per heavy atom. The fourth-order valence-electron chi connectivity index (χ4n) is 1.65. The van der Waals surface area contributed by atoms with Crippen molar-refractivity contribution in [3.63, 3.8) is 0 Å². The summed E-state index contributed by atoms with van der Waals surface area (Å²) in [6.45, 7) is 4.07. The normalized spacial score (nSPS) is 10.2. The molecule has 0 unspecified atom stereocenters. The van der Waals surface area contributed by atoms with Crippen LogP contribution in [0, 0.1) is 0 Å². The Kier molecular flexibility index (Phi) is 3.05. The van der Waals surface area contributed by atoms with E-state index in [4.69, 9.17) is 0 Å². The molecule has 3 heteroatoms. The molecule has 1 aromatic carbocycles. The number of aromatic nitrogens is 1. The summed E-state index contributed by atoms with van der Waals surface area (Å²) in [5.41, 5.74) is 2.11. The zero-order chi connectivity index (χ0) is 11.4. The van der Waals surface area contributed by atoms with Crippen LogP contribution in [0.4, 0.5) is 0 Å². The van der Waals surface area contributed by atoms with Gasteiger partial charge in [-0.05, 0) is 29.1 Å². The third-order valence-corrected chi connectivity index (χ3v) is 2.43. The van der Waals surface area contributed by atoms with Gasteiger partial charge in [0.1, 0.15) is 0 Å². The van der Waals surface area contributed by atoms with Gasteiger partial charge in [-0.1, -0.05) is 12.1 Å². The van der Waals surface area contributed by atoms with E-state index in [0.717, 1.165) is 16.5 Å². The summed E-state index contributed by atoms with van der Waals surface area (Å²) in [7, 11) is 0. The van der Waals surface area contributed by atoms with Crippen molar-refractivity contribution in [3.8, 4) is 0 Å². The third kappa shape index (κ3) is 2.31. The molecule has 1 aromatic heterocycles. The van der Waals surface area contributed by atoms with Gasteiger partial charge in [0.25, 0.3) is 0 Å². The molecule has 0 aliphatic carbocycles. The molecule has 1 heterocycles. The average molecular weight is 214 g/mol. The molecular formula is C13H14N2O. The zero-order valence-electron chi connectivity index (χ0n) is 8.99. The first-order valence-electron chi connectivity index (χ1n) is 5.23. The van der Waals surface area contributed by atoms with Crippen molar-refractivity contribution in [1.82, 2.24) is 10.3 Å². The predicted molar refractivity (Wildman–Crippen MR) is 65.2 cm³/mol. The lowest BCUT2D eigenvalue weighted by molar-refractivity contribution is -0.120. The third-order valence-electron chi connectivity index (χ3n) is 2.43. The topological polar surface area (TPSA) is 44.9 Å². The molecule has 0 saturated carbocycles. The standard InChI is InChI=1S/C13H14N2O/c1-2-6-15-13(16)9-10-3-4-12-11(8-10)5-7-14-12/h2-5,7-8,14H,1,6,9H2,(H,15,16). The van der Waals surface area contributed by atoms with E-state index in [1.807, 2.05) is 30.5 Å². The quantitative estimate of drug-likeness (QED) is 0.751. The molecule has 1 amide bonds. The number of hydrogen-bond donors (Lipinski definition) is 2. The molecule has 0 aliphatic heterocycles. The number of H-pyrrole nitrogens is 1. The summed E-state index contributed by atoms with van der Waals surface area (Å²) in [6.07, 6.45) is 3.98. The van der Waals surface area contributed by atoms with E-state index in [-0.39, 0.29) is 5.91 Å². The molecule has 16 heavy (non-hydrogen) atoms. The van der Waals surface area contributed by atoms with Crippen LogP contribution in [0.25, 0.3) is 10.9 Å². The monoisotopic (exact) mass is 214 g/mol. The maximum absolute atomic E-state index is 11.5. The van der Waals surface area contributed by atoms with Crippen molar-refractivity contribution in [1.29, 1.82) is 0 Å². The van der Waals surface area contributed by atoms with Crippen LogP contribution >= 0.6 is 0 Å². The van der Waals surface area contributed by atoms with E-state index in [1.165, 1.54) is 0 Å². The van der Waals surface area contributed by atoms with Crippen LogP contribution in [0.15, 0.2) is 43.1 Å². The Labute approximate surface area is 94.2 Å². The van der Waals surface area contributed by atoms with Gasteiger partial charge in [0, 0.05) is 18.3 Å². The van der Waals surface area contributed by atoms with Crippen LogP contribution in [-0.2, 0) is 11.2 Å². The number of carbonyl (C=O) groups excluding carboxylic acids is 1. The largest absolute Gasteiger partial charge is 0.361 e. The predicted octanol–water partition coefficient (Wildman–Crippen LogP) is 2.01. The lowest BCUT2D eigenvalue weighted by Crippen LogP contribution is -2.24. The highest BCUT2D eigenvalue weighted by molar-refractivity contribution is 5.83. The second-order valence-electron chi connectivity index (χ2n) is 3.67. The number of aromatic amines is 1. The summed E-state index contributed by atoms with van der Waals surface area (Å²) in [4.78, 5) is 14.6. The maximum atomic E-state index is 11.5. The van der Waals surface area contributed by atoms with Crippen molar-refractivity contribution < 1.29 is 4.79 Å². The fourth-order valence-corrected chi connectivity index (χ4v) is 1.65. The molecule has 2 aromatic rings. The molecule has 0 aliphatic rings. The Morgan fingerprint density at radius 2 is 2.31 bits per heavy atom. The van der Waals surface area contributed by atoms with E-state index in [2.05, 4.69) is 16.9 Å². The highest BCUT2D eigenvalue weighted by Gasteiger charge is 2.03. The first-order valence-corrected chi connectivity index (χ1v) is 5.23. The highest BCUT2D eigenvalue weighted by atomic mass is 16.1. The molecule has 0 bridgehead atoms. The lowest BCUT2D eigenvalue weighted by atomic mass is 10.1. The first-order chi connectivity index (χ1) is 7.79. The molecular weight excluding hydrogens is 200 g/mol. The number of benzene rings is 1. The SMILES string of the molecule is C=CCNC(=O)Cc1ccc2[nH]ccc2c1. The van der Waals surface area contributed by atoms with Gasteiger partial charge < -0.3 is 10.3 Å². The number of rotatable bonds is 4. The Hall–Kier alpha value is -2.03. The van der Waals surface area contributed by atoms with Gasteiger partial charge in [-0.15, -0.1) is 6.58 Å². The summed E-state index contributed by atoms with van der Waals surface area (Å²) in [6, 6.07) is 7.98. The minimum atomic E-state index is 0.0229. The van der Waals surface area contributed by atoms with Gasteiger partial charge in [-0.2, -0.15) is 0 Å². The van der Waals surface area contributed by atoms with Crippen molar-refractivity contribution in [2.24, 2.45) is 0 Å². The summed E-state index contributed by atoms with van der Waals surface area (Å²) >= 11 is 0.